The van der Waals surface area contributed by atoms with Gasteiger partial charge in [0.2, 0.25) is 0 Å². The van der Waals surface area contributed by atoms with E-state index >= 15 is 0 Å². The highest BCUT2D eigenvalue weighted by atomic mass is 35.5. The first kappa shape index (κ1) is 22.1. The van der Waals surface area contributed by atoms with Crippen molar-refractivity contribution >= 4 is 48.0 Å². The van der Waals surface area contributed by atoms with Gasteiger partial charge < -0.3 is 10.4 Å². The largest absolute Gasteiger partial charge is 0.506 e. The van der Waals surface area contributed by atoms with Crippen LogP contribution in [0.4, 0.5) is 0 Å². The maximum Gasteiger partial charge on any atom is 0.140 e. The van der Waals surface area contributed by atoms with Crippen LogP contribution < -0.4 is 5.32 Å². The van der Waals surface area contributed by atoms with Crippen molar-refractivity contribution in [2.45, 2.75) is 26.8 Å². The number of aromatic hydroxyl groups is 1. The quantitative estimate of drug-likeness (QED) is 0.779. The standard InChI is InChI=1S/C15H22Cl2N2O.2ClH/c1-15(2,3)14(19-8-6-18-7-9-19)10-4-5-11(16)12(17)13(10)20;;/h4-5,14,18,20H,6-9H2,1-3H3;2*1H/t14-;;/m0../s1. The van der Waals surface area contributed by atoms with Crippen LogP contribution in [0.2, 0.25) is 10.0 Å². The van der Waals surface area contributed by atoms with Crippen molar-refractivity contribution in [2.24, 2.45) is 5.41 Å². The van der Waals surface area contributed by atoms with Crippen molar-refractivity contribution in [3.05, 3.63) is 27.7 Å². The van der Waals surface area contributed by atoms with Crippen LogP contribution in [0.25, 0.3) is 0 Å². The van der Waals surface area contributed by atoms with Crippen LogP contribution in [0, 0.1) is 5.41 Å². The van der Waals surface area contributed by atoms with Gasteiger partial charge in [-0.05, 0) is 11.5 Å². The fraction of sp³-hybridized carbons (Fsp3) is 0.600. The monoisotopic (exact) mass is 388 g/mol. The van der Waals surface area contributed by atoms with E-state index in [4.69, 9.17) is 23.2 Å². The van der Waals surface area contributed by atoms with E-state index in [0.717, 1.165) is 31.7 Å². The van der Waals surface area contributed by atoms with E-state index in [1.165, 1.54) is 0 Å². The van der Waals surface area contributed by atoms with E-state index in [0.29, 0.717) is 5.02 Å². The molecule has 0 saturated carbocycles. The Labute approximate surface area is 155 Å². The van der Waals surface area contributed by atoms with Gasteiger partial charge in [0.05, 0.1) is 5.02 Å². The third kappa shape index (κ3) is 4.80. The average molecular weight is 390 g/mol. The second-order valence-electron chi connectivity index (χ2n) is 6.35. The first-order chi connectivity index (χ1) is 9.32. The maximum absolute atomic E-state index is 10.4. The van der Waals surface area contributed by atoms with Crippen molar-refractivity contribution in [1.29, 1.82) is 0 Å². The maximum atomic E-state index is 10.4. The second kappa shape index (κ2) is 8.81. The minimum absolute atomic E-state index is 0. The van der Waals surface area contributed by atoms with Crippen LogP contribution in [0.15, 0.2) is 12.1 Å². The molecule has 2 N–H and O–H groups in total. The molecule has 1 aromatic rings. The van der Waals surface area contributed by atoms with Gasteiger partial charge in [0.1, 0.15) is 10.8 Å². The number of nitrogens with zero attached hydrogens (tertiary/aromatic N) is 1. The zero-order valence-electron chi connectivity index (χ0n) is 13.0. The summed E-state index contributed by atoms with van der Waals surface area (Å²) >= 11 is 12.1. The number of nitrogens with one attached hydrogen (secondary N) is 1. The molecule has 0 amide bonds. The first-order valence-electron chi connectivity index (χ1n) is 6.94. The van der Waals surface area contributed by atoms with E-state index in [1.807, 2.05) is 6.07 Å². The van der Waals surface area contributed by atoms with Gasteiger partial charge in [-0.1, -0.05) is 50.0 Å². The number of hydrogen-bond acceptors (Lipinski definition) is 3. The normalized spacial score (nSPS) is 17.3. The van der Waals surface area contributed by atoms with Crippen molar-refractivity contribution in [1.82, 2.24) is 10.2 Å². The molecule has 128 valence electrons. The topological polar surface area (TPSA) is 35.5 Å². The smallest absolute Gasteiger partial charge is 0.140 e. The lowest BCUT2D eigenvalue weighted by atomic mass is 9.80. The number of benzene rings is 1. The summed E-state index contributed by atoms with van der Waals surface area (Å²) in [5.74, 6) is 0.109. The first-order valence-corrected chi connectivity index (χ1v) is 7.69. The molecule has 1 saturated heterocycles. The number of phenols is 1. The van der Waals surface area contributed by atoms with Crippen molar-refractivity contribution < 1.29 is 5.11 Å². The van der Waals surface area contributed by atoms with E-state index in [9.17, 15) is 5.11 Å². The zero-order valence-corrected chi connectivity index (χ0v) is 16.2. The number of hydrogen-bond donors (Lipinski definition) is 2. The summed E-state index contributed by atoms with van der Waals surface area (Å²) in [7, 11) is 0. The molecule has 1 aliphatic heterocycles. The highest BCUT2D eigenvalue weighted by Crippen LogP contribution is 2.45. The number of halogens is 4. The molecule has 7 heteroatoms. The van der Waals surface area contributed by atoms with Gasteiger partial charge in [-0.25, -0.2) is 0 Å². The van der Waals surface area contributed by atoms with Crippen molar-refractivity contribution in [2.75, 3.05) is 26.2 Å². The predicted octanol–water partition coefficient (Wildman–Crippen LogP) is 4.54. The molecule has 0 bridgehead atoms. The van der Waals surface area contributed by atoms with Crippen LogP contribution in [-0.2, 0) is 0 Å². The Morgan fingerprint density at radius 2 is 1.68 bits per heavy atom. The van der Waals surface area contributed by atoms with E-state index < -0.39 is 0 Å². The number of rotatable bonds is 2. The Kier molecular flexibility index (Phi) is 8.85. The number of phenolic OH excluding ortho intramolecular Hbond substituents is 1. The van der Waals surface area contributed by atoms with Gasteiger partial charge in [0.25, 0.3) is 0 Å². The van der Waals surface area contributed by atoms with Gasteiger partial charge in [0, 0.05) is 37.8 Å². The summed E-state index contributed by atoms with van der Waals surface area (Å²) in [6.07, 6.45) is 0. The Hall–Kier alpha value is 0.1000. The van der Waals surface area contributed by atoms with Gasteiger partial charge in [0.15, 0.2) is 0 Å². The molecule has 1 atom stereocenters. The van der Waals surface area contributed by atoms with Crippen LogP contribution in [-0.4, -0.2) is 36.2 Å². The summed E-state index contributed by atoms with van der Waals surface area (Å²) in [6.45, 7) is 10.4. The Morgan fingerprint density at radius 1 is 1.14 bits per heavy atom. The Bertz CT molecular complexity index is 485. The third-order valence-corrected chi connectivity index (χ3v) is 4.53. The summed E-state index contributed by atoms with van der Waals surface area (Å²) in [4.78, 5) is 2.40. The third-order valence-electron chi connectivity index (χ3n) is 3.73. The molecule has 1 heterocycles. The van der Waals surface area contributed by atoms with Crippen LogP contribution in [0.3, 0.4) is 0 Å². The molecule has 2 rings (SSSR count). The SMILES string of the molecule is CC(C)(C)[C@H](c1ccc(Cl)c(Cl)c1O)N1CCNCC1.Cl.Cl. The van der Waals surface area contributed by atoms with E-state index in [1.54, 1.807) is 6.07 Å². The van der Waals surface area contributed by atoms with Gasteiger partial charge in [-0.15, -0.1) is 24.8 Å². The highest BCUT2D eigenvalue weighted by molar-refractivity contribution is 6.43. The Morgan fingerprint density at radius 3 is 2.18 bits per heavy atom. The molecule has 1 fully saturated rings. The second-order valence-corrected chi connectivity index (χ2v) is 7.14. The molecule has 0 radical (unpaired) electrons. The fourth-order valence-corrected chi connectivity index (χ4v) is 3.25. The van der Waals surface area contributed by atoms with E-state index in [-0.39, 0.29) is 47.0 Å². The van der Waals surface area contributed by atoms with Gasteiger partial charge >= 0.3 is 0 Å². The molecule has 0 unspecified atom stereocenters. The zero-order chi connectivity index (χ0) is 14.9. The lowest BCUT2D eigenvalue weighted by Gasteiger charge is -2.42. The predicted molar refractivity (Wildman–Crippen MR) is 99.3 cm³/mol. The number of piperazine rings is 1. The summed E-state index contributed by atoms with van der Waals surface area (Å²) < 4.78 is 0. The average Bonchev–Trinajstić information content (AvgIpc) is 2.39. The van der Waals surface area contributed by atoms with Crippen LogP contribution >= 0.6 is 48.0 Å². The molecule has 3 nitrogen and oxygen atoms in total. The minimum Gasteiger partial charge on any atom is -0.506 e. The molecule has 1 aliphatic rings. The molecule has 22 heavy (non-hydrogen) atoms. The lowest BCUT2D eigenvalue weighted by molar-refractivity contribution is 0.0843. The highest BCUT2D eigenvalue weighted by Gasteiger charge is 2.34. The van der Waals surface area contributed by atoms with E-state index in [2.05, 4.69) is 31.0 Å². The summed E-state index contributed by atoms with van der Waals surface area (Å²) in [5.41, 5.74) is 0.847. The molecule has 0 aromatic heterocycles. The minimum atomic E-state index is -0.00796. The van der Waals surface area contributed by atoms with Crippen molar-refractivity contribution in [3.63, 3.8) is 0 Å². The van der Waals surface area contributed by atoms with Gasteiger partial charge in [-0.3, -0.25) is 4.90 Å². The molecule has 1 aromatic carbocycles. The molecular formula is C15H24Cl4N2O. The van der Waals surface area contributed by atoms with Crippen molar-refractivity contribution in [3.8, 4) is 5.75 Å². The summed E-state index contributed by atoms with van der Waals surface area (Å²) in [6, 6.07) is 3.76. The van der Waals surface area contributed by atoms with Gasteiger partial charge in [-0.2, -0.15) is 0 Å². The Balaban J connectivity index is 0.00000220. The lowest BCUT2D eigenvalue weighted by Crippen LogP contribution is -2.48. The molecule has 0 spiro atoms. The summed E-state index contributed by atoms with van der Waals surface area (Å²) in [5, 5.41) is 14.4. The van der Waals surface area contributed by atoms with Crippen LogP contribution in [0.5, 0.6) is 5.75 Å². The molecule has 0 aliphatic carbocycles. The molecular weight excluding hydrogens is 366 g/mol. The fourth-order valence-electron chi connectivity index (χ4n) is 2.93. The van der Waals surface area contributed by atoms with Crippen LogP contribution in [0.1, 0.15) is 32.4 Å².